The van der Waals surface area contributed by atoms with E-state index in [0.29, 0.717) is 6.42 Å². The standard InChI is InChI=1S/C19H33N5O8/c1-4-9(2)15(19(31)32)24-18(30)12(6-8-14(26)27)23-17(29)11(5-7-13(21)25)22-16(28)10(3)20/h9-12,15H,4-8,20H2,1-3H3,(H2,21,25)(H,22,28)(H,23,29)(H,24,30)(H,26,27)(H,31,32). The van der Waals surface area contributed by atoms with Crippen LogP contribution in [0.3, 0.4) is 0 Å². The summed E-state index contributed by atoms with van der Waals surface area (Å²) < 4.78 is 0. The van der Waals surface area contributed by atoms with Gasteiger partial charge in [0, 0.05) is 12.8 Å². The Bertz CT molecular complexity index is 712. The largest absolute Gasteiger partial charge is 0.481 e. The molecule has 0 radical (unpaired) electrons. The van der Waals surface area contributed by atoms with Crippen molar-refractivity contribution in [2.24, 2.45) is 17.4 Å². The van der Waals surface area contributed by atoms with E-state index >= 15 is 0 Å². The van der Waals surface area contributed by atoms with E-state index in [1.54, 1.807) is 13.8 Å². The molecule has 0 aliphatic rings. The van der Waals surface area contributed by atoms with Gasteiger partial charge in [-0.05, 0) is 25.7 Å². The van der Waals surface area contributed by atoms with E-state index < -0.39 is 72.1 Å². The maximum atomic E-state index is 12.7. The van der Waals surface area contributed by atoms with Crippen molar-refractivity contribution in [3.05, 3.63) is 0 Å². The van der Waals surface area contributed by atoms with Crippen molar-refractivity contribution in [2.75, 3.05) is 0 Å². The fourth-order valence-electron chi connectivity index (χ4n) is 2.60. The number of rotatable bonds is 15. The molecule has 0 aromatic carbocycles. The number of nitrogens with one attached hydrogen (secondary N) is 3. The lowest BCUT2D eigenvalue weighted by molar-refractivity contribution is -0.144. The van der Waals surface area contributed by atoms with E-state index in [4.69, 9.17) is 16.6 Å². The van der Waals surface area contributed by atoms with E-state index in [1.807, 2.05) is 0 Å². The molecule has 13 nitrogen and oxygen atoms in total. The summed E-state index contributed by atoms with van der Waals surface area (Å²) in [6.45, 7) is 4.73. The highest BCUT2D eigenvalue weighted by Gasteiger charge is 2.32. The molecule has 0 rings (SSSR count). The molecular weight excluding hydrogens is 426 g/mol. The number of hydrogen-bond acceptors (Lipinski definition) is 7. The Labute approximate surface area is 185 Å². The number of aliphatic carboxylic acids is 2. The first-order valence-electron chi connectivity index (χ1n) is 10.2. The van der Waals surface area contributed by atoms with Gasteiger partial charge in [0.25, 0.3) is 0 Å². The quantitative estimate of drug-likeness (QED) is 0.144. The van der Waals surface area contributed by atoms with Crippen LogP contribution in [0, 0.1) is 5.92 Å². The Hall–Kier alpha value is -3.22. The summed E-state index contributed by atoms with van der Waals surface area (Å²) in [6, 6.07) is -4.88. The Morgan fingerprint density at radius 1 is 0.812 bits per heavy atom. The van der Waals surface area contributed by atoms with Crippen molar-refractivity contribution < 1.29 is 39.0 Å². The molecule has 0 fully saturated rings. The second-order valence-corrected chi connectivity index (χ2v) is 7.56. The highest BCUT2D eigenvalue weighted by molar-refractivity contribution is 5.94. The second-order valence-electron chi connectivity index (χ2n) is 7.56. The second kappa shape index (κ2) is 14.0. The maximum Gasteiger partial charge on any atom is 0.326 e. The van der Waals surface area contributed by atoms with Gasteiger partial charge in [0.1, 0.15) is 18.1 Å². The van der Waals surface area contributed by atoms with Gasteiger partial charge in [0.15, 0.2) is 0 Å². The van der Waals surface area contributed by atoms with Crippen LogP contribution in [0.5, 0.6) is 0 Å². The molecule has 9 N–H and O–H groups in total. The first kappa shape index (κ1) is 28.8. The summed E-state index contributed by atoms with van der Waals surface area (Å²) in [5.41, 5.74) is 10.6. The third-order valence-corrected chi connectivity index (χ3v) is 4.78. The fraction of sp³-hybridized carbons (Fsp3) is 0.684. The molecule has 5 unspecified atom stereocenters. The molecule has 32 heavy (non-hydrogen) atoms. The number of carboxylic acid groups (broad SMARTS) is 2. The van der Waals surface area contributed by atoms with Crippen LogP contribution in [0.4, 0.5) is 0 Å². The lowest BCUT2D eigenvalue weighted by Gasteiger charge is -2.26. The number of carboxylic acids is 2. The molecule has 0 aromatic heterocycles. The average Bonchev–Trinajstić information content (AvgIpc) is 2.70. The van der Waals surface area contributed by atoms with Crippen molar-refractivity contribution in [1.29, 1.82) is 0 Å². The lowest BCUT2D eigenvalue weighted by Crippen LogP contribution is -2.57. The zero-order valence-electron chi connectivity index (χ0n) is 18.4. The van der Waals surface area contributed by atoms with E-state index in [1.165, 1.54) is 6.92 Å². The van der Waals surface area contributed by atoms with E-state index in [-0.39, 0.29) is 19.3 Å². The zero-order chi connectivity index (χ0) is 25.0. The lowest BCUT2D eigenvalue weighted by atomic mass is 9.98. The van der Waals surface area contributed by atoms with Gasteiger partial charge < -0.3 is 37.6 Å². The van der Waals surface area contributed by atoms with Gasteiger partial charge >= 0.3 is 11.9 Å². The first-order valence-corrected chi connectivity index (χ1v) is 10.2. The smallest absolute Gasteiger partial charge is 0.326 e. The van der Waals surface area contributed by atoms with Gasteiger partial charge in [-0.2, -0.15) is 0 Å². The van der Waals surface area contributed by atoms with Crippen LogP contribution in [0.2, 0.25) is 0 Å². The molecule has 13 heteroatoms. The number of carbonyl (C=O) groups excluding carboxylic acids is 4. The molecule has 0 bridgehead atoms. The predicted molar refractivity (Wildman–Crippen MR) is 112 cm³/mol. The van der Waals surface area contributed by atoms with Crippen molar-refractivity contribution in [1.82, 2.24) is 16.0 Å². The minimum absolute atomic E-state index is 0.183. The molecule has 0 aliphatic heterocycles. The first-order chi connectivity index (χ1) is 14.8. The topological polar surface area (TPSA) is 231 Å². The van der Waals surface area contributed by atoms with Crippen LogP contribution < -0.4 is 27.4 Å². The van der Waals surface area contributed by atoms with Gasteiger partial charge in [-0.25, -0.2) is 4.79 Å². The summed E-state index contributed by atoms with van der Waals surface area (Å²) in [4.78, 5) is 70.9. The molecule has 0 saturated heterocycles. The highest BCUT2D eigenvalue weighted by atomic mass is 16.4. The molecule has 0 aliphatic carbocycles. The maximum absolute atomic E-state index is 12.7. The third kappa shape index (κ3) is 10.7. The van der Waals surface area contributed by atoms with Crippen molar-refractivity contribution in [3.63, 3.8) is 0 Å². The van der Waals surface area contributed by atoms with Crippen molar-refractivity contribution >= 4 is 35.6 Å². The van der Waals surface area contributed by atoms with Crippen molar-refractivity contribution in [3.8, 4) is 0 Å². The fourth-order valence-corrected chi connectivity index (χ4v) is 2.60. The summed E-state index contributed by atoms with van der Waals surface area (Å²) >= 11 is 0. The van der Waals surface area contributed by atoms with E-state index in [2.05, 4.69) is 16.0 Å². The van der Waals surface area contributed by atoms with Crippen LogP contribution in [-0.4, -0.2) is 69.9 Å². The SMILES string of the molecule is CCC(C)C(NC(=O)C(CCC(=O)O)NC(=O)C(CCC(N)=O)NC(=O)C(C)N)C(=O)O. The molecule has 0 spiro atoms. The normalized spacial score (nSPS) is 15.4. The number of hydrogen-bond donors (Lipinski definition) is 7. The van der Waals surface area contributed by atoms with Crippen LogP contribution in [-0.2, 0) is 28.8 Å². The van der Waals surface area contributed by atoms with Crippen LogP contribution >= 0.6 is 0 Å². The van der Waals surface area contributed by atoms with Crippen LogP contribution in [0.1, 0.15) is 52.9 Å². The third-order valence-electron chi connectivity index (χ3n) is 4.78. The van der Waals surface area contributed by atoms with Gasteiger partial charge in [0.05, 0.1) is 6.04 Å². The van der Waals surface area contributed by atoms with Crippen LogP contribution in [0.25, 0.3) is 0 Å². The average molecular weight is 460 g/mol. The molecule has 4 amide bonds. The number of primary amides is 1. The Balaban J connectivity index is 5.59. The minimum Gasteiger partial charge on any atom is -0.481 e. The highest BCUT2D eigenvalue weighted by Crippen LogP contribution is 2.10. The summed E-state index contributed by atoms with van der Waals surface area (Å²) in [5, 5.41) is 25.3. The molecule has 5 atom stereocenters. The molecular formula is C19H33N5O8. The molecule has 182 valence electrons. The van der Waals surface area contributed by atoms with Crippen LogP contribution in [0.15, 0.2) is 0 Å². The van der Waals surface area contributed by atoms with Gasteiger partial charge in [0.2, 0.25) is 23.6 Å². The Morgan fingerprint density at radius 2 is 1.28 bits per heavy atom. The monoisotopic (exact) mass is 459 g/mol. The number of carbonyl (C=O) groups is 6. The summed E-state index contributed by atoms with van der Waals surface area (Å²) in [7, 11) is 0. The van der Waals surface area contributed by atoms with E-state index in [0.717, 1.165) is 0 Å². The summed E-state index contributed by atoms with van der Waals surface area (Å²) in [5.74, 6) is -6.12. The van der Waals surface area contributed by atoms with Gasteiger partial charge in [-0.3, -0.25) is 24.0 Å². The molecule has 0 aromatic rings. The Kier molecular flexibility index (Phi) is 12.6. The minimum atomic E-state index is -1.40. The van der Waals surface area contributed by atoms with Gasteiger partial charge in [-0.15, -0.1) is 0 Å². The number of amides is 4. The van der Waals surface area contributed by atoms with E-state index in [9.17, 15) is 33.9 Å². The van der Waals surface area contributed by atoms with Crippen molar-refractivity contribution in [2.45, 2.75) is 77.0 Å². The predicted octanol–water partition coefficient (Wildman–Crippen LogP) is -1.95. The van der Waals surface area contributed by atoms with Gasteiger partial charge in [-0.1, -0.05) is 20.3 Å². The summed E-state index contributed by atoms with van der Waals surface area (Å²) in [6.07, 6.45) is -0.807. The molecule has 0 heterocycles. The Morgan fingerprint density at radius 3 is 1.69 bits per heavy atom. The zero-order valence-corrected chi connectivity index (χ0v) is 18.4. The molecule has 0 saturated carbocycles. The number of nitrogens with two attached hydrogens (primary N) is 2.